The van der Waals surface area contributed by atoms with Crippen molar-refractivity contribution in [3.05, 3.63) is 101 Å². The Balaban J connectivity index is 1.89. The standard InChI is InChI=1S/C25H27BrN2O3S/c1-20-24(27-32(2,29)30)10-6-11-25(20)28(18-21-8-4-3-5-9-21)19-22-12-14-23(15-13-22)31-17-7-16-26/h3-16,27H,17-19H2,1-2H3/b16-7+. The Morgan fingerprint density at radius 3 is 2.22 bits per heavy atom. The number of hydrogen-bond donors (Lipinski definition) is 1. The minimum absolute atomic E-state index is 0.504. The number of sulfonamides is 1. The first-order valence-corrected chi connectivity index (χ1v) is 13.0. The third kappa shape index (κ3) is 7.14. The first-order chi connectivity index (χ1) is 15.4. The summed E-state index contributed by atoms with van der Waals surface area (Å²) in [5, 5.41) is 0. The summed E-state index contributed by atoms with van der Waals surface area (Å²) in [6.45, 7) is 3.80. The summed E-state index contributed by atoms with van der Waals surface area (Å²) in [5.41, 5.74) is 4.76. The number of nitrogens with zero attached hydrogens (tertiary/aromatic N) is 1. The number of nitrogens with one attached hydrogen (secondary N) is 1. The van der Waals surface area contributed by atoms with Crippen LogP contribution in [-0.2, 0) is 23.1 Å². The summed E-state index contributed by atoms with van der Waals surface area (Å²) in [6, 6.07) is 24.0. The van der Waals surface area contributed by atoms with Crippen molar-refractivity contribution in [1.82, 2.24) is 0 Å². The van der Waals surface area contributed by atoms with Gasteiger partial charge in [-0.3, -0.25) is 4.72 Å². The van der Waals surface area contributed by atoms with Crippen molar-refractivity contribution < 1.29 is 13.2 Å². The molecule has 0 bridgehead atoms. The molecule has 3 aromatic rings. The molecule has 168 valence electrons. The maximum absolute atomic E-state index is 11.8. The van der Waals surface area contributed by atoms with Crippen LogP contribution in [0, 0.1) is 6.92 Å². The number of ether oxygens (including phenoxy) is 1. The fraction of sp³-hybridized carbons (Fsp3) is 0.200. The molecule has 5 nitrogen and oxygen atoms in total. The van der Waals surface area contributed by atoms with Crippen molar-refractivity contribution in [1.29, 1.82) is 0 Å². The van der Waals surface area contributed by atoms with Crippen LogP contribution in [0.4, 0.5) is 11.4 Å². The zero-order valence-electron chi connectivity index (χ0n) is 18.2. The van der Waals surface area contributed by atoms with Gasteiger partial charge in [-0.05, 0) is 58.9 Å². The van der Waals surface area contributed by atoms with Crippen molar-refractivity contribution in [2.45, 2.75) is 20.0 Å². The predicted octanol–water partition coefficient (Wildman–Crippen LogP) is 5.86. The Hall–Kier alpha value is -2.77. The van der Waals surface area contributed by atoms with Gasteiger partial charge in [0.05, 0.1) is 11.9 Å². The van der Waals surface area contributed by atoms with Crippen molar-refractivity contribution in [2.24, 2.45) is 0 Å². The second-order valence-corrected chi connectivity index (χ2v) is 9.76. The van der Waals surface area contributed by atoms with Gasteiger partial charge in [0, 0.05) is 18.8 Å². The van der Waals surface area contributed by atoms with E-state index in [1.54, 1.807) is 11.1 Å². The maximum Gasteiger partial charge on any atom is 0.229 e. The SMILES string of the molecule is Cc1c(NS(C)(=O)=O)cccc1N(Cc1ccccc1)Cc1ccc(OC/C=C/Br)cc1. The van der Waals surface area contributed by atoms with Crippen molar-refractivity contribution in [3.8, 4) is 5.75 Å². The number of benzene rings is 3. The van der Waals surface area contributed by atoms with Gasteiger partial charge in [-0.2, -0.15) is 0 Å². The van der Waals surface area contributed by atoms with Crippen LogP contribution in [0.5, 0.6) is 5.75 Å². The Morgan fingerprint density at radius 1 is 0.938 bits per heavy atom. The van der Waals surface area contributed by atoms with E-state index in [9.17, 15) is 8.42 Å². The highest BCUT2D eigenvalue weighted by atomic mass is 79.9. The molecular formula is C25H27BrN2O3S. The normalized spacial score (nSPS) is 11.5. The molecule has 1 N–H and O–H groups in total. The van der Waals surface area contributed by atoms with E-state index >= 15 is 0 Å². The predicted molar refractivity (Wildman–Crippen MR) is 136 cm³/mol. The highest BCUT2D eigenvalue weighted by Gasteiger charge is 2.15. The summed E-state index contributed by atoms with van der Waals surface area (Å²) in [5.74, 6) is 0.810. The Labute approximate surface area is 198 Å². The summed E-state index contributed by atoms with van der Waals surface area (Å²) in [7, 11) is -3.36. The lowest BCUT2D eigenvalue weighted by atomic mass is 10.1. The second-order valence-electron chi connectivity index (χ2n) is 7.48. The molecule has 0 heterocycles. The van der Waals surface area contributed by atoms with Gasteiger partial charge in [0.1, 0.15) is 12.4 Å². The molecule has 0 saturated carbocycles. The van der Waals surface area contributed by atoms with Crippen molar-refractivity contribution in [2.75, 3.05) is 22.5 Å². The Bertz CT molecular complexity index is 1150. The summed E-state index contributed by atoms with van der Waals surface area (Å²) >= 11 is 3.23. The third-order valence-corrected chi connectivity index (χ3v) is 5.85. The van der Waals surface area contributed by atoms with E-state index in [0.717, 1.165) is 28.8 Å². The maximum atomic E-state index is 11.8. The molecule has 3 rings (SSSR count). The molecule has 32 heavy (non-hydrogen) atoms. The molecule has 3 aromatic carbocycles. The van der Waals surface area contributed by atoms with Crippen molar-refractivity contribution >= 4 is 37.3 Å². The zero-order valence-corrected chi connectivity index (χ0v) is 20.6. The molecule has 0 unspecified atom stereocenters. The second kappa shape index (κ2) is 11.2. The van der Waals surface area contributed by atoms with Gasteiger partial charge in [-0.1, -0.05) is 64.5 Å². The molecule has 0 aliphatic rings. The lowest BCUT2D eigenvalue weighted by Crippen LogP contribution is -2.23. The Kier molecular flexibility index (Phi) is 8.36. The highest BCUT2D eigenvalue weighted by molar-refractivity contribution is 9.11. The van der Waals surface area contributed by atoms with Crippen LogP contribution in [0.1, 0.15) is 16.7 Å². The molecule has 0 aromatic heterocycles. The van der Waals surface area contributed by atoms with Crippen LogP contribution in [0.3, 0.4) is 0 Å². The van der Waals surface area contributed by atoms with Crippen LogP contribution in [-0.4, -0.2) is 21.3 Å². The summed E-state index contributed by atoms with van der Waals surface area (Å²) in [6.07, 6.45) is 3.05. The van der Waals surface area contributed by atoms with Gasteiger partial charge in [0.2, 0.25) is 10.0 Å². The minimum Gasteiger partial charge on any atom is -0.490 e. The van der Waals surface area contributed by atoms with E-state index in [-0.39, 0.29) is 0 Å². The largest absolute Gasteiger partial charge is 0.490 e. The third-order valence-electron chi connectivity index (χ3n) is 4.89. The summed E-state index contributed by atoms with van der Waals surface area (Å²) in [4.78, 5) is 4.03. The molecule has 7 heteroatoms. The highest BCUT2D eigenvalue weighted by Crippen LogP contribution is 2.30. The quantitative estimate of drug-likeness (QED) is 0.368. The number of rotatable bonds is 10. The molecular weight excluding hydrogens is 488 g/mol. The van der Waals surface area contributed by atoms with Crippen molar-refractivity contribution in [3.63, 3.8) is 0 Å². The smallest absolute Gasteiger partial charge is 0.229 e. The van der Waals surface area contributed by atoms with Gasteiger partial charge in [0.25, 0.3) is 0 Å². The van der Waals surface area contributed by atoms with Crippen LogP contribution in [0.2, 0.25) is 0 Å². The monoisotopic (exact) mass is 514 g/mol. The molecule has 0 spiro atoms. The van der Waals surface area contributed by atoms with E-state index in [1.165, 1.54) is 5.56 Å². The average molecular weight is 515 g/mol. The van der Waals surface area contributed by atoms with Crippen LogP contribution in [0.15, 0.2) is 83.9 Å². The van der Waals surface area contributed by atoms with E-state index in [2.05, 4.69) is 49.8 Å². The van der Waals surface area contributed by atoms with Crippen LogP contribution < -0.4 is 14.4 Å². The number of halogens is 1. The molecule has 0 fully saturated rings. The van der Waals surface area contributed by atoms with E-state index in [1.807, 2.05) is 55.5 Å². The molecule has 0 saturated heterocycles. The van der Waals surface area contributed by atoms with E-state index in [0.29, 0.717) is 25.4 Å². The molecule has 0 atom stereocenters. The van der Waals surface area contributed by atoms with Gasteiger partial charge in [0.15, 0.2) is 0 Å². The molecule has 0 aliphatic carbocycles. The molecule has 0 amide bonds. The average Bonchev–Trinajstić information content (AvgIpc) is 2.76. The fourth-order valence-corrected chi connectivity index (χ4v) is 4.17. The fourth-order valence-electron chi connectivity index (χ4n) is 3.40. The number of anilines is 2. The van der Waals surface area contributed by atoms with Gasteiger partial charge in [-0.15, -0.1) is 0 Å². The first-order valence-electron chi connectivity index (χ1n) is 10.2. The summed E-state index contributed by atoms with van der Waals surface area (Å²) < 4.78 is 31.9. The zero-order chi connectivity index (χ0) is 23.0. The number of hydrogen-bond acceptors (Lipinski definition) is 4. The Morgan fingerprint density at radius 2 is 1.59 bits per heavy atom. The first kappa shape index (κ1) is 23.9. The molecule has 0 aliphatic heterocycles. The van der Waals surface area contributed by atoms with Gasteiger partial charge < -0.3 is 9.64 Å². The molecule has 0 radical (unpaired) electrons. The minimum atomic E-state index is -3.36. The van der Waals surface area contributed by atoms with Gasteiger partial charge >= 0.3 is 0 Å². The lowest BCUT2D eigenvalue weighted by molar-refractivity contribution is 0.363. The topological polar surface area (TPSA) is 58.6 Å². The van der Waals surface area contributed by atoms with Gasteiger partial charge in [-0.25, -0.2) is 8.42 Å². The van der Waals surface area contributed by atoms with Crippen LogP contribution >= 0.6 is 15.9 Å². The van der Waals surface area contributed by atoms with E-state index in [4.69, 9.17) is 4.74 Å². The van der Waals surface area contributed by atoms with Crippen LogP contribution in [0.25, 0.3) is 0 Å². The lowest BCUT2D eigenvalue weighted by Gasteiger charge is -2.28. The van der Waals surface area contributed by atoms with E-state index < -0.39 is 10.0 Å².